The van der Waals surface area contributed by atoms with Gasteiger partial charge in [-0.1, -0.05) is 0 Å². The van der Waals surface area contributed by atoms with Crippen molar-refractivity contribution in [1.82, 2.24) is 9.97 Å². The summed E-state index contributed by atoms with van der Waals surface area (Å²) >= 11 is -2.44. The molecule has 0 fully saturated rings. The summed E-state index contributed by atoms with van der Waals surface area (Å²) in [6.07, 6.45) is 11.7. The van der Waals surface area contributed by atoms with Crippen LogP contribution in [0, 0.1) is 0 Å². The molecule has 0 N–H and O–H groups in total. The zero-order valence-electron chi connectivity index (χ0n) is 15.0. The van der Waals surface area contributed by atoms with Gasteiger partial charge in [0.25, 0.3) is 0 Å². The summed E-state index contributed by atoms with van der Waals surface area (Å²) in [5, 5.41) is 0. The van der Waals surface area contributed by atoms with Gasteiger partial charge in [0.2, 0.25) is 0 Å². The number of hydrogen-bond acceptors (Lipinski definition) is 3. The van der Waals surface area contributed by atoms with Crippen LogP contribution in [-0.4, -0.2) is 35.0 Å². The van der Waals surface area contributed by atoms with E-state index in [4.69, 9.17) is 14.7 Å². The molecule has 4 heteroatoms. The predicted octanol–water partition coefficient (Wildman–Crippen LogP) is 4.93. The Morgan fingerprint density at radius 1 is 0.818 bits per heavy atom. The van der Waals surface area contributed by atoms with E-state index in [-0.39, 0.29) is 0 Å². The minimum absolute atomic E-state index is 0.679. The van der Waals surface area contributed by atoms with E-state index in [2.05, 4.69) is 20.8 Å². The fourth-order valence-corrected chi connectivity index (χ4v) is 17.9. The van der Waals surface area contributed by atoms with E-state index in [1.165, 1.54) is 55.7 Å². The molecule has 0 aliphatic rings. The fraction of sp³-hybridized carbons (Fsp3) is 0.778. The van der Waals surface area contributed by atoms with Crippen LogP contribution in [0.2, 0.25) is 13.3 Å². The van der Waals surface area contributed by atoms with Gasteiger partial charge in [-0.15, -0.1) is 0 Å². The standard InChI is InChI=1S/C6H7N2O.3C4H9.Sn/c1-2-9-6-3-7-5-8-4-6;3*1-3-4-2;/h3-4H,2H2,1H3;3*1,3-4H2,2H3;. The van der Waals surface area contributed by atoms with Gasteiger partial charge in [0.15, 0.2) is 0 Å². The zero-order chi connectivity index (χ0) is 16.3. The zero-order valence-corrected chi connectivity index (χ0v) is 17.9. The molecule has 1 heterocycles. The molecule has 0 atom stereocenters. The second-order valence-electron chi connectivity index (χ2n) is 6.27. The Morgan fingerprint density at radius 3 is 1.64 bits per heavy atom. The number of hydrogen-bond donors (Lipinski definition) is 0. The van der Waals surface area contributed by atoms with Crippen molar-refractivity contribution in [3.05, 3.63) is 12.4 Å². The molecule has 22 heavy (non-hydrogen) atoms. The van der Waals surface area contributed by atoms with Gasteiger partial charge in [-0.2, -0.15) is 0 Å². The predicted molar refractivity (Wildman–Crippen MR) is 97.7 cm³/mol. The van der Waals surface area contributed by atoms with Gasteiger partial charge >= 0.3 is 141 Å². The molecule has 0 aliphatic heterocycles. The molecule has 0 aromatic carbocycles. The number of nitrogens with zero attached hydrogens (tertiary/aromatic N) is 2. The first-order valence-corrected chi connectivity index (χ1v) is 16.7. The number of ether oxygens (including phenoxy) is 1. The molecular formula is C18H34N2OSn. The van der Waals surface area contributed by atoms with Crippen LogP contribution in [0.15, 0.2) is 12.4 Å². The molecule has 1 aromatic rings. The Labute approximate surface area is 141 Å². The first kappa shape index (κ1) is 19.7. The van der Waals surface area contributed by atoms with Crippen LogP contribution < -0.4 is 8.58 Å². The van der Waals surface area contributed by atoms with Gasteiger partial charge in [0.1, 0.15) is 0 Å². The molecule has 0 spiro atoms. The van der Waals surface area contributed by atoms with E-state index in [0.29, 0.717) is 6.61 Å². The SMILES string of the molecule is CCC[CH2][Sn]([CH2]CCC)([CH2]CCC)[c]1ncc(OCC)cn1. The second kappa shape index (κ2) is 11.3. The first-order chi connectivity index (χ1) is 10.7. The monoisotopic (exact) mass is 414 g/mol. The number of aromatic nitrogens is 2. The van der Waals surface area contributed by atoms with Gasteiger partial charge in [-0.25, -0.2) is 0 Å². The van der Waals surface area contributed by atoms with Crippen molar-refractivity contribution >= 4 is 22.2 Å². The summed E-state index contributed by atoms with van der Waals surface area (Å²) in [7, 11) is 0. The van der Waals surface area contributed by atoms with Crippen molar-refractivity contribution in [3.63, 3.8) is 0 Å². The van der Waals surface area contributed by atoms with Gasteiger partial charge < -0.3 is 0 Å². The van der Waals surface area contributed by atoms with Crippen LogP contribution in [0.3, 0.4) is 0 Å². The first-order valence-electron chi connectivity index (χ1n) is 9.17. The van der Waals surface area contributed by atoms with Crippen LogP contribution in [-0.2, 0) is 0 Å². The Kier molecular flexibility index (Phi) is 10.1. The molecule has 0 bridgehead atoms. The molecule has 0 saturated heterocycles. The molecule has 0 unspecified atom stereocenters. The average Bonchev–Trinajstić information content (AvgIpc) is 2.56. The summed E-state index contributed by atoms with van der Waals surface area (Å²) in [5.74, 6) is 0.813. The van der Waals surface area contributed by atoms with Crippen LogP contribution in [0.4, 0.5) is 0 Å². The van der Waals surface area contributed by atoms with E-state index in [1.807, 2.05) is 19.3 Å². The molecule has 0 amide bonds. The van der Waals surface area contributed by atoms with Crippen molar-refractivity contribution in [2.24, 2.45) is 0 Å². The molecule has 126 valence electrons. The van der Waals surface area contributed by atoms with E-state index in [1.54, 1.807) is 0 Å². The molecule has 3 nitrogen and oxygen atoms in total. The third-order valence-corrected chi connectivity index (χ3v) is 19.1. The Balaban J connectivity index is 3.01. The number of unbranched alkanes of at least 4 members (excludes halogenated alkanes) is 3. The molecule has 0 saturated carbocycles. The third-order valence-electron chi connectivity index (χ3n) is 4.44. The van der Waals surface area contributed by atoms with Crippen LogP contribution in [0.1, 0.15) is 66.2 Å². The maximum atomic E-state index is 5.52. The fourth-order valence-electron chi connectivity index (χ4n) is 3.09. The van der Waals surface area contributed by atoms with Gasteiger partial charge in [-0.3, -0.25) is 0 Å². The van der Waals surface area contributed by atoms with E-state index < -0.39 is 18.4 Å². The number of rotatable bonds is 12. The summed E-state index contributed by atoms with van der Waals surface area (Å²) in [4.78, 5) is 9.57. The van der Waals surface area contributed by atoms with Crippen LogP contribution in [0.5, 0.6) is 5.75 Å². The Hall–Kier alpha value is -0.321. The van der Waals surface area contributed by atoms with Gasteiger partial charge in [0.05, 0.1) is 0 Å². The van der Waals surface area contributed by atoms with E-state index >= 15 is 0 Å². The van der Waals surface area contributed by atoms with Crippen molar-refractivity contribution in [3.8, 4) is 5.75 Å². The molecule has 1 aromatic heterocycles. The molecule has 0 radical (unpaired) electrons. The maximum absolute atomic E-state index is 5.52. The van der Waals surface area contributed by atoms with Crippen molar-refractivity contribution in [2.45, 2.75) is 79.5 Å². The molecular weight excluding hydrogens is 379 g/mol. The van der Waals surface area contributed by atoms with E-state index in [9.17, 15) is 0 Å². The normalized spacial score (nSPS) is 11.6. The Morgan fingerprint density at radius 2 is 1.27 bits per heavy atom. The summed E-state index contributed by atoms with van der Waals surface area (Å²) in [6, 6.07) is 0. The van der Waals surface area contributed by atoms with Crippen molar-refractivity contribution in [2.75, 3.05) is 6.61 Å². The molecule has 0 aliphatic carbocycles. The Bertz CT molecular complexity index is 373. The molecule has 1 rings (SSSR count). The minimum atomic E-state index is -2.44. The van der Waals surface area contributed by atoms with Crippen LogP contribution in [0.25, 0.3) is 0 Å². The third kappa shape index (κ3) is 6.05. The van der Waals surface area contributed by atoms with Crippen molar-refractivity contribution in [1.29, 1.82) is 0 Å². The summed E-state index contributed by atoms with van der Waals surface area (Å²) in [5.41, 5.74) is 0. The summed E-state index contributed by atoms with van der Waals surface area (Å²) < 4.78 is 11.0. The van der Waals surface area contributed by atoms with Crippen LogP contribution >= 0.6 is 0 Å². The second-order valence-corrected chi connectivity index (χ2v) is 19.1. The van der Waals surface area contributed by atoms with Gasteiger partial charge in [-0.05, 0) is 0 Å². The topological polar surface area (TPSA) is 35.0 Å². The quantitative estimate of drug-likeness (QED) is 0.456. The summed E-state index contributed by atoms with van der Waals surface area (Å²) in [6.45, 7) is 9.58. The average molecular weight is 413 g/mol. The van der Waals surface area contributed by atoms with Gasteiger partial charge in [0, 0.05) is 0 Å². The van der Waals surface area contributed by atoms with Crippen molar-refractivity contribution < 1.29 is 4.74 Å². The van der Waals surface area contributed by atoms with E-state index in [0.717, 1.165) is 5.75 Å².